The zero-order valence-corrected chi connectivity index (χ0v) is 11.4. The van der Waals surface area contributed by atoms with Crippen LogP contribution in [-0.2, 0) is 6.42 Å². The van der Waals surface area contributed by atoms with Gasteiger partial charge in [0.15, 0.2) is 0 Å². The molecule has 18 heavy (non-hydrogen) atoms. The molecular formula is C15H25NO2. The van der Waals surface area contributed by atoms with Crippen LogP contribution in [0.25, 0.3) is 0 Å². The van der Waals surface area contributed by atoms with Crippen LogP contribution < -0.4 is 5.32 Å². The third-order valence-corrected chi connectivity index (χ3v) is 3.22. The summed E-state index contributed by atoms with van der Waals surface area (Å²) in [5, 5.41) is 22.3. The van der Waals surface area contributed by atoms with Crippen molar-refractivity contribution in [3.05, 3.63) is 35.4 Å². The quantitative estimate of drug-likeness (QED) is 0.662. The molecule has 2 unspecified atom stereocenters. The maximum Gasteiger partial charge on any atom is 0.0914 e. The Balaban J connectivity index is 2.48. The van der Waals surface area contributed by atoms with E-state index >= 15 is 0 Å². The molecule has 0 saturated heterocycles. The van der Waals surface area contributed by atoms with Gasteiger partial charge in [-0.25, -0.2) is 0 Å². The van der Waals surface area contributed by atoms with Gasteiger partial charge in [-0.15, -0.1) is 0 Å². The Kier molecular flexibility index (Phi) is 6.94. The average Bonchev–Trinajstić information content (AvgIpc) is 2.41. The number of nitrogens with one attached hydrogen (secondary N) is 1. The van der Waals surface area contributed by atoms with Crippen molar-refractivity contribution in [3.8, 4) is 0 Å². The van der Waals surface area contributed by atoms with Crippen molar-refractivity contribution < 1.29 is 10.2 Å². The van der Waals surface area contributed by atoms with E-state index in [1.165, 1.54) is 5.56 Å². The molecule has 0 aliphatic carbocycles. The Bertz CT molecular complexity index is 320. The first-order chi connectivity index (χ1) is 8.71. The normalized spacial score (nSPS) is 14.4. The topological polar surface area (TPSA) is 52.5 Å². The highest BCUT2D eigenvalue weighted by Crippen LogP contribution is 2.14. The van der Waals surface area contributed by atoms with E-state index in [-0.39, 0.29) is 12.6 Å². The monoisotopic (exact) mass is 251 g/mol. The molecule has 0 bridgehead atoms. The predicted molar refractivity (Wildman–Crippen MR) is 74.6 cm³/mol. The molecule has 0 radical (unpaired) electrons. The highest BCUT2D eigenvalue weighted by atomic mass is 16.3. The molecular weight excluding hydrogens is 226 g/mol. The minimum absolute atomic E-state index is 0.0685. The van der Waals surface area contributed by atoms with Crippen LogP contribution in [0.2, 0.25) is 0 Å². The van der Waals surface area contributed by atoms with Crippen molar-refractivity contribution in [2.75, 3.05) is 13.2 Å². The Morgan fingerprint density at radius 2 is 1.83 bits per heavy atom. The standard InChI is InChI=1S/C15H25NO2/c1-3-5-12-6-8-13(9-7-12)15(18)10-16-14(4-2)11-17/h6-9,14-18H,3-5,10-11H2,1-2H3. The fourth-order valence-corrected chi connectivity index (χ4v) is 1.93. The van der Waals surface area contributed by atoms with Crippen LogP contribution in [0.5, 0.6) is 0 Å². The molecule has 1 aromatic rings. The smallest absolute Gasteiger partial charge is 0.0914 e. The average molecular weight is 251 g/mol. The van der Waals surface area contributed by atoms with Crippen LogP contribution in [0.15, 0.2) is 24.3 Å². The second-order valence-electron chi connectivity index (χ2n) is 4.70. The van der Waals surface area contributed by atoms with E-state index in [2.05, 4.69) is 24.4 Å². The molecule has 2 atom stereocenters. The highest BCUT2D eigenvalue weighted by molar-refractivity contribution is 5.24. The van der Waals surface area contributed by atoms with Gasteiger partial charge in [-0.2, -0.15) is 0 Å². The summed E-state index contributed by atoms with van der Waals surface area (Å²) < 4.78 is 0. The molecule has 1 aromatic carbocycles. The lowest BCUT2D eigenvalue weighted by atomic mass is 10.0. The van der Waals surface area contributed by atoms with Crippen LogP contribution in [0.1, 0.15) is 43.9 Å². The first-order valence-corrected chi connectivity index (χ1v) is 6.82. The first kappa shape index (κ1) is 15.2. The molecule has 0 heterocycles. The van der Waals surface area contributed by atoms with E-state index in [1.54, 1.807) is 0 Å². The van der Waals surface area contributed by atoms with E-state index in [1.807, 2.05) is 19.1 Å². The molecule has 0 aliphatic rings. The van der Waals surface area contributed by atoms with Crippen LogP contribution in [0.3, 0.4) is 0 Å². The van der Waals surface area contributed by atoms with Crippen molar-refractivity contribution in [2.24, 2.45) is 0 Å². The molecule has 0 spiro atoms. The third-order valence-electron chi connectivity index (χ3n) is 3.22. The summed E-state index contributed by atoms with van der Waals surface area (Å²) in [5.41, 5.74) is 2.23. The number of hydrogen-bond acceptors (Lipinski definition) is 3. The van der Waals surface area contributed by atoms with Gasteiger partial charge >= 0.3 is 0 Å². The summed E-state index contributed by atoms with van der Waals surface area (Å²) in [6.07, 6.45) is 2.56. The molecule has 0 amide bonds. The number of hydrogen-bond donors (Lipinski definition) is 3. The van der Waals surface area contributed by atoms with Gasteiger partial charge in [0.1, 0.15) is 0 Å². The third kappa shape index (κ3) is 4.77. The van der Waals surface area contributed by atoms with Gasteiger partial charge in [0.2, 0.25) is 0 Å². The molecule has 3 nitrogen and oxygen atoms in total. The molecule has 102 valence electrons. The van der Waals surface area contributed by atoms with Crippen LogP contribution in [0, 0.1) is 0 Å². The number of aryl methyl sites for hydroxylation is 1. The van der Waals surface area contributed by atoms with Gasteiger partial charge in [-0.05, 0) is 24.0 Å². The molecule has 1 rings (SSSR count). The molecule has 0 fully saturated rings. The minimum atomic E-state index is -0.513. The fraction of sp³-hybridized carbons (Fsp3) is 0.600. The van der Waals surface area contributed by atoms with E-state index in [4.69, 9.17) is 5.11 Å². The first-order valence-electron chi connectivity index (χ1n) is 6.82. The van der Waals surface area contributed by atoms with E-state index in [0.29, 0.717) is 6.54 Å². The van der Waals surface area contributed by atoms with Gasteiger partial charge in [0, 0.05) is 12.6 Å². The minimum Gasteiger partial charge on any atom is -0.395 e. The van der Waals surface area contributed by atoms with Gasteiger partial charge in [-0.3, -0.25) is 0 Å². The van der Waals surface area contributed by atoms with Crippen molar-refractivity contribution in [3.63, 3.8) is 0 Å². The summed E-state index contributed by atoms with van der Waals surface area (Å²) in [5.74, 6) is 0. The van der Waals surface area contributed by atoms with Crippen molar-refractivity contribution in [1.82, 2.24) is 5.32 Å². The summed E-state index contributed by atoms with van der Waals surface area (Å²) in [6.45, 7) is 4.76. The maximum atomic E-state index is 10.0. The predicted octanol–water partition coefficient (Wildman–Crippen LogP) is 2.03. The highest BCUT2D eigenvalue weighted by Gasteiger charge is 2.10. The van der Waals surface area contributed by atoms with Crippen molar-refractivity contribution in [1.29, 1.82) is 0 Å². The van der Waals surface area contributed by atoms with Crippen LogP contribution in [-0.4, -0.2) is 29.4 Å². The van der Waals surface area contributed by atoms with Gasteiger partial charge in [0.25, 0.3) is 0 Å². The summed E-state index contributed by atoms with van der Waals surface area (Å²) in [4.78, 5) is 0. The number of rotatable bonds is 8. The molecule has 0 saturated carbocycles. The number of benzene rings is 1. The number of aliphatic hydroxyl groups excluding tert-OH is 2. The Hall–Kier alpha value is -0.900. The van der Waals surface area contributed by atoms with Crippen LogP contribution in [0.4, 0.5) is 0 Å². The lowest BCUT2D eigenvalue weighted by Gasteiger charge is -2.17. The SMILES string of the molecule is CCCc1ccc(C(O)CNC(CC)CO)cc1. The number of aliphatic hydroxyl groups is 2. The van der Waals surface area contributed by atoms with Gasteiger partial charge in [0.05, 0.1) is 12.7 Å². The Morgan fingerprint density at radius 1 is 1.17 bits per heavy atom. The van der Waals surface area contributed by atoms with Gasteiger partial charge < -0.3 is 15.5 Å². The largest absolute Gasteiger partial charge is 0.395 e. The lowest BCUT2D eigenvalue weighted by molar-refractivity contribution is 0.158. The fourth-order valence-electron chi connectivity index (χ4n) is 1.93. The van der Waals surface area contributed by atoms with E-state index in [0.717, 1.165) is 24.8 Å². The second-order valence-corrected chi connectivity index (χ2v) is 4.70. The Morgan fingerprint density at radius 3 is 2.33 bits per heavy atom. The van der Waals surface area contributed by atoms with Crippen LogP contribution >= 0.6 is 0 Å². The van der Waals surface area contributed by atoms with Crippen molar-refractivity contribution >= 4 is 0 Å². The molecule has 3 heteroatoms. The van der Waals surface area contributed by atoms with Crippen molar-refractivity contribution in [2.45, 2.75) is 45.3 Å². The maximum absolute atomic E-state index is 10.0. The molecule has 0 aromatic heterocycles. The summed E-state index contributed by atoms with van der Waals surface area (Å²) in [6, 6.07) is 8.18. The Labute approximate surface area is 110 Å². The summed E-state index contributed by atoms with van der Waals surface area (Å²) in [7, 11) is 0. The molecule has 3 N–H and O–H groups in total. The van der Waals surface area contributed by atoms with E-state index < -0.39 is 6.10 Å². The zero-order chi connectivity index (χ0) is 13.4. The zero-order valence-electron chi connectivity index (χ0n) is 11.4. The second kappa shape index (κ2) is 8.25. The lowest BCUT2D eigenvalue weighted by Crippen LogP contribution is -2.34. The molecule has 0 aliphatic heterocycles. The van der Waals surface area contributed by atoms with E-state index in [9.17, 15) is 5.11 Å². The summed E-state index contributed by atoms with van der Waals surface area (Å²) >= 11 is 0. The van der Waals surface area contributed by atoms with Gasteiger partial charge in [-0.1, -0.05) is 44.5 Å².